The summed E-state index contributed by atoms with van der Waals surface area (Å²) in [6.07, 6.45) is 4.19. The van der Waals surface area contributed by atoms with Crippen molar-refractivity contribution in [3.05, 3.63) is 81.2 Å². The topological polar surface area (TPSA) is 59.3 Å². The summed E-state index contributed by atoms with van der Waals surface area (Å²) in [5.41, 5.74) is 4.58. The zero-order valence-corrected chi connectivity index (χ0v) is 14.4. The van der Waals surface area contributed by atoms with Crippen LogP contribution in [0.3, 0.4) is 0 Å². The number of nitrogens with one attached hydrogen (secondary N) is 1. The predicted octanol–water partition coefficient (Wildman–Crippen LogP) is 4.37. The first kappa shape index (κ1) is 16.7. The minimum atomic E-state index is -0.296. The van der Waals surface area contributed by atoms with E-state index < -0.39 is 0 Å². The highest BCUT2D eigenvalue weighted by atomic mass is 16.3. The van der Waals surface area contributed by atoms with Gasteiger partial charge in [-0.2, -0.15) is 0 Å². The molecule has 0 aliphatic heterocycles. The summed E-state index contributed by atoms with van der Waals surface area (Å²) in [5.74, 6) is -0.296. The number of aryl methyl sites for hydroxylation is 3. The smallest absolute Gasteiger partial charge is 0.248 e. The van der Waals surface area contributed by atoms with E-state index in [-0.39, 0.29) is 11.3 Å². The van der Waals surface area contributed by atoms with Gasteiger partial charge in [0.05, 0.1) is 10.9 Å². The lowest BCUT2D eigenvalue weighted by atomic mass is 10.1. The molecule has 3 rings (SSSR count). The number of carbonyl (C=O) groups excluding carboxylic acids is 1. The van der Waals surface area contributed by atoms with Crippen LogP contribution in [0.15, 0.2) is 57.9 Å². The van der Waals surface area contributed by atoms with Crippen LogP contribution in [0.2, 0.25) is 0 Å². The molecule has 0 fully saturated rings. The van der Waals surface area contributed by atoms with Crippen LogP contribution in [0, 0.1) is 20.8 Å². The van der Waals surface area contributed by atoms with Crippen LogP contribution in [-0.2, 0) is 4.79 Å². The number of carbonyl (C=O) groups is 1. The molecule has 2 aromatic carbocycles. The van der Waals surface area contributed by atoms with Crippen molar-refractivity contribution < 1.29 is 9.21 Å². The summed E-state index contributed by atoms with van der Waals surface area (Å²) in [6, 6.07) is 11.2. The van der Waals surface area contributed by atoms with Crippen molar-refractivity contribution in [1.82, 2.24) is 0 Å². The number of amides is 1. The van der Waals surface area contributed by atoms with Crippen LogP contribution >= 0.6 is 0 Å². The molecule has 0 radical (unpaired) electrons. The van der Waals surface area contributed by atoms with Crippen molar-refractivity contribution in [2.75, 3.05) is 5.32 Å². The summed E-state index contributed by atoms with van der Waals surface area (Å²) in [7, 11) is 0. The number of hydrogen-bond acceptors (Lipinski definition) is 3. The highest BCUT2D eigenvalue weighted by Gasteiger charge is 2.06. The zero-order chi connectivity index (χ0) is 18.0. The maximum absolute atomic E-state index is 12.5. The van der Waals surface area contributed by atoms with Gasteiger partial charge in [0, 0.05) is 11.8 Å². The van der Waals surface area contributed by atoms with Crippen LogP contribution < -0.4 is 10.7 Å². The van der Waals surface area contributed by atoms with Crippen molar-refractivity contribution in [2.24, 2.45) is 0 Å². The van der Waals surface area contributed by atoms with Crippen LogP contribution in [0.1, 0.15) is 22.3 Å². The molecule has 4 heteroatoms. The van der Waals surface area contributed by atoms with E-state index in [4.69, 9.17) is 4.42 Å². The Bertz CT molecular complexity index is 1040. The van der Waals surface area contributed by atoms with Gasteiger partial charge in [0.15, 0.2) is 5.43 Å². The average Bonchev–Trinajstić information content (AvgIpc) is 2.57. The SMILES string of the molecule is Cc1ccc(NC(=O)/C=C/c2coc3ccc(C)cc3c2=O)c(C)c1. The van der Waals surface area contributed by atoms with E-state index in [9.17, 15) is 9.59 Å². The fraction of sp³-hybridized carbons (Fsp3) is 0.143. The monoisotopic (exact) mass is 333 g/mol. The number of benzene rings is 2. The molecule has 0 spiro atoms. The molecule has 1 aromatic heterocycles. The molecule has 0 aliphatic carbocycles. The minimum absolute atomic E-state index is 0.152. The van der Waals surface area contributed by atoms with Gasteiger partial charge in [0.2, 0.25) is 5.91 Å². The molecule has 0 saturated carbocycles. The number of fused-ring (bicyclic) bond motifs is 1. The molecule has 0 saturated heterocycles. The maximum Gasteiger partial charge on any atom is 0.248 e. The molecule has 126 valence electrons. The normalized spacial score (nSPS) is 11.2. The van der Waals surface area contributed by atoms with Crippen molar-refractivity contribution in [1.29, 1.82) is 0 Å². The molecular weight excluding hydrogens is 314 g/mol. The second kappa shape index (κ2) is 6.77. The second-order valence-corrected chi connectivity index (χ2v) is 6.16. The average molecular weight is 333 g/mol. The van der Waals surface area contributed by atoms with E-state index in [2.05, 4.69) is 5.32 Å². The number of anilines is 1. The molecule has 4 nitrogen and oxygen atoms in total. The first-order valence-corrected chi connectivity index (χ1v) is 8.02. The van der Waals surface area contributed by atoms with Gasteiger partial charge in [-0.25, -0.2) is 0 Å². The first-order valence-electron chi connectivity index (χ1n) is 8.02. The molecule has 0 atom stereocenters. The predicted molar refractivity (Wildman–Crippen MR) is 101 cm³/mol. The Morgan fingerprint density at radius 2 is 1.76 bits per heavy atom. The molecular formula is C21H19NO3. The Balaban J connectivity index is 1.84. The third-order valence-electron chi connectivity index (χ3n) is 4.01. The Kier molecular flexibility index (Phi) is 4.52. The van der Waals surface area contributed by atoms with E-state index >= 15 is 0 Å². The van der Waals surface area contributed by atoms with E-state index in [0.717, 1.165) is 22.4 Å². The fourth-order valence-electron chi connectivity index (χ4n) is 2.67. The molecule has 0 aliphatic rings. The van der Waals surface area contributed by atoms with Gasteiger partial charge in [0.1, 0.15) is 11.8 Å². The van der Waals surface area contributed by atoms with Crippen molar-refractivity contribution >= 4 is 28.6 Å². The Morgan fingerprint density at radius 1 is 1.04 bits per heavy atom. The summed E-state index contributed by atoms with van der Waals surface area (Å²) in [6.45, 7) is 5.85. The van der Waals surface area contributed by atoms with E-state index in [1.165, 1.54) is 18.4 Å². The Hall–Kier alpha value is -3.14. The molecule has 0 bridgehead atoms. The summed E-state index contributed by atoms with van der Waals surface area (Å²) in [5, 5.41) is 3.33. The summed E-state index contributed by atoms with van der Waals surface area (Å²) >= 11 is 0. The van der Waals surface area contributed by atoms with Gasteiger partial charge < -0.3 is 9.73 Å². The highest BCUT2D eigenvalue weighted by Crippen LogP contribution is 2.16. The van der Waals surface area contributed by atoms with Crippen LogP contribution in [0.4, 0.5) is 5.69 Å². The Morgan fingerprint density at radius 3 is 2.52 bits per heavy atom. The largest absolute Gasteiger partial charge is 0.463 e. The molecule has 1 heterocycles. The van der Waals surface area contributed by atoms with Crippen molar-refractivity contribution in [2.45, 2.75) is 20.8 Å². The van der Waals surface area contributed by atoms with Gasteiger partial charge in [-0.05, 0) is 50.6 Å². The van der Waals surface area contributed by atoms with Crippen molar-refractivity contribution in [3.63, 3.8) is 0 Å². The van der Waals surface area contributed by atoms with E-state index in [0.29, 0.717) is 16.5 Å². The highest BCUT2D eigenvalue weighted by molar-refractivity contribution is 6.02. The maximum atomic E-state index is 12.5. The standard InChI is InChI=1S/C21H19NO3/c1-13-4-7-18(15(3)10-13)22-20(23)9-6-16-12-25-19-8-5-14(2)11-17(19)21(16)24/h4-12H,1-3H3,(H,22,23)/b9-6+. The molecule has 1 amide bonds. The third kappa shape index (κ3) is 3.69. The molecule has 0 unspecified atom stereocenters. The molecule has 3 aromatic rings. The van der Waals surface area contributed by atoms with Crippen LogP contribution in [0.25, 0.3) is 17.0 Å². The zero-order valence-electron chi connectivity index (χ0n) is 14.4. The second-order valence-electron chi connectivity index (χ2n) is 6.16. The van der Waals surface area contributed by atoms with Gasteiger partial charge in [-0.15, -0.1) is 0 Å². The third-order valence-corrected chi connectivity index (χ3v) is 4.01. The number of rotatable bonds is 3. The van der Waals surface area contributed by atoms with E-state index in [1.54, 1.807) is 12.1 Å². The van der Waals surface area contributed by atoms with Crippen LogP contribution in [-0.4, -0.2) is 5.91 Å². The summed E-state index contributed by atoms with van der Waals surface area (Å²) < 4.78 is 5.48. The molecule has 1 N–H and O–H groups in total. The van der Waals surface area contributed by atoms with E-state index in [1.807, 2.05) is 45.0 Å². The van der Waals surface area contributed by atoms with Gasteiger partial charge in [-0.3, -0.25) is 9.59 Å². The van der Waals surface area contributed by atoms with Crippen LogP contribution in [0.5, 0.6) is 0 Å². The molecule has 25 heavy (non-hydrogen) atoms. The first-order chi connectivity index (χ1) is 11.9. The summed E-state index contributed by atoms with van der Waals surface area (Å²) in [4.78, 5) is 24.6. The van der Waals surface area contributed by atoms with Crippen molar-refractivity contribution in [3.8, 4) is 0 Å². The lowest BCUT2D eigenvalue weighted by Crippen LogP contribution is -2.10. The Labute approximate surface area is 145 Å². The lowest BCUT2D eigenvalue weighted by Gasteiger charge is -2.07. The van der Waals surface area contributed by atoms with Gasteiger partial charge in [0.25, 0.3) is 0 Å². The quantitative estimate of drug-likeness (QED) is 0.724. The van der Waals surface area contributed by atoms with Gasteiger partial charge in [-0.1, -0.05) is 29.3 Å². The minimum Gasteiger partial charge on any atom is -0.463 e. The number of hydrogen-bond donors (Lipinski definition) is 1. The fourth-order valence-corrected chi connectivity index (χ4v) is 2.67. The lowest BCUT2D eigenvalue weighted by molar-refractivity contribution is -0.111. The van der Waals surface area contributed by atoms with Gasteiger partial charge >= 0.3 is 0 Å².